The molecule has 0 saturated heterocycles. The zero-order chi connectivity index (χ0) is 33.7. The number of aryl methyl sites for hydroxylation is 2. The van der Waals surface area contributed by atoms with Gasteiger partial charge in [0.2, 0.25) is 0 Å². The molecule has 0 atom stereocenters. The minimum atomic E-state index is -0.779. The molecule has 0 aromatic carbocycles. The molecule has 48 heavy (non-hydrogen) atoms. The average Bonchev–Trinajstić information content (AvgIpc) is 3.83. The third kappa shape index (κ3) is 15.9. The number of halogens is 2. The van der Waals surface area contributed by atoms with E-state index < -0.39 is 5.97 Å². The van der Waals surface area contributed by atoms with Crippen molar-refractivity contribution in [2.75, 3.05) is 0 Å². The van der Waals surface area contributed by atoms with E-state index in [0.717, 1.165) is 27.6 Å². The third-order valence-corrected chi connectivity index (χ3v) is 16.1. The summed E-state index contributed by atoms with van der Waals surface area (Å²) in [6, 6.07) is 0. The summed E-state index contributed by atoms with van der Waals surface area (Å²) in [6.07, 6.45) is 32.4. The van der Waals surface area contributed by atoms with E-state index >= 15 is 0 Å². The zero-order valence-corrected chi connectivity index (χ0v) is 36.6. The smallest absolute Gasteiger partial charge is 0.346 e. The number of hydrogen-bond donors (Lipinski definition) is 1. The molecule has 0 spiro atoms. The number of carboxylic acids is 1. The van der Waals surface area contributed by atoms with Crippen molar-refractivity contribution in [2.24, 2.45) is 0 Å². The van der Waals surface area contributed by atoms with Crippen LogP contribution >= 0.6 is 77.2 Å². The molecule has 0 fully saturated rings. The summed E-state index contributed by atoms with van der Waals surface area (Å²) in [7, 11) is 0. The van der Waals surface area contributed by atoms with E-state index in [4.69, 9.17) is 0 Å². The number of thiophene rings is 4. The van der Waals surface area contributed by atoms with Crippen LogP contribution in [-0.2, 0) is 29.9 Å². The van der Waals surface area contributed by atoms with Crippen LogP contribution in [0.25, 0.3) is 18.8 Å². The molecule has 1 N–H and O–H groups in total. The van der Waals surface area contributed by atoms with Crippen LogP contribution in [0.4, 0.5) is 0 Å². The first kappa shape index (κ1) is 44.4. The third-order valence-electron chi connectivity index (χ3n) is 9.04. The Morgan fingerprint density at radius 1 is 0.542 bits per heavy atom. The van der Waals surface area contributed by atoms with Crippen LogP contribution < -0.4 is 0 Å². The van der Waals surface area contributed by atoms with E-state index in [2.05, 4.69) is 61.8 Å². The minimum Gasteiger partial charge on any atom is -0.477 e. The molecule has 0 aliphatic heterocycles. The molecule has 4 aromatic heterocycles. The first-order valence-corrected chi connectivity index (χ1v) is 23.6. The number of aromatic carboxylic acids is 1. The zero-order valence-electron chi connectivity index (χ0n) is 29.2. The molecular weight excluding hydrogens is 852 g/mol. The van der Waals surface area contributed by atoms with Crippen LogP contribution in [-0.4, -0.2) is 11.1 Å². The topological polar surface area (TPSA) is 37.3 Å². The standard InChI is InChI=1S/C20H29BrO2S2.C19H29BrS2.Cu/c1-2-3-4-5-6-7-8-9-10-11-12-13-15-17-19(16(21)14-24-17)25-18(15)20(22)23;1-2-3-4-5-6-7-8-9-10-11-12-13-16-14-21-19-17(20)15-22-18(16)19;/h14H,2-13H2,1H3,(H,22,23);14-15H,2-13H2,1H3;. The van der Waals surface area contributed by atoms with Crippen molar-refractivity contribution in [3.8, 4) is 0 Å². The van der Waals surface area contributed by atoms with E-state index in [1.165, 1.54) is 171 Å². The summed E-state index contributed by atoms with van der Waals surface area (Å²) >= 11 is 14.0. The van der Waals surface area contributed by atoms with Crippen LogP contribution in [0.2, 0.25) is 0 Å². The largest absolute Gasteiger partial charge is 0.477 e. The van der Waals surface area contributed by atoms with E-state index in [0.29, 0.717) is 4.88 Å². The summed E-state index contributed by atoms with van der Waals surface area (Å²) in [6.45, 7) is 4.55. The van der Waals surface area contributed by atoms with Gasteiger partial charge in [0.05, 0.1) is 14.1 Å². The van der Waals surface area contributed by atoms with Crippen LogP contribution in [0, 0.1) is 0 Å². The summed E-state index contributed by atoms with van der Waals surface area (Å²) < 4.78 is 7.54. The first-order valence-electron chi connectivity index (χ1n) is 18.5. The minimum absolute atomic E-state index is 0. The molecule has 0 aliphatic rings. The van der Waals surface area contributed by atoms with Gasteiger partial charge in [0.25, 0.3) is 0 Å². The molecule has 9 heteroatoms. The van der Waals surface area contributed by atoms with Crippen molar-refractivity contribution in [2.45, 2.75) is 168 Å². The van der Waals surface area contributed by atoms with E-state index in [1.54, 1.807) is 16.9 Å². The number of hydrogen-bond acceptors (Lipinski definition) is 5. The van der Waals surface area contributed by atoms with Gasteiger partial charge in [0.15, 0.2) is 0 Å². The number of carbonyl (C=O) groups is 1. The van der Waals surface area contributed by atoms with Gasteiger partial charge in [-0.25, -0.2) is 4.79 Å². The Hall–Kier alpha value is 0.269. The van der Waals surface area contributed by atoms with Gasteiger partial charge in [-0.1, -0.05) is 142 Å². The SMILES string of the molecule is CCCCCCCCCCCCCc1c(C(=O)O)sc2c(Br)csc12.CCCCCCCCCCCCCc1csc2c(Br)csc12.[Cu]. The predicted octanol–water partition coefficient (Wildman–Crippen LogP) is 16.9. The second-order valence-corrected chi connectivity index (χ2v) is 18.4. The maximum absolute atomic E-state index is 11.5. The molecule has 0 bridgehead atoms. The van der Waals surface area contributed by atoms with Crippen molar-refractivity contribution >= 4 is 102 Å². The average molecular weight is 911 g/mol. The fourth-order valence-electron chi connectivity index (χ4n) is 6.26. The Balaban J connectivity index is 0.000000329. The molecule has 0 aliphatic carbocycles. The van der Waals surface area contributed by atoms with Gasteiger partial charge in [-0.15, -0.1) is 45.3 Å². The van der Waals surface area contributed by atoms with Crippen LogP contribution in [0.1, 0.15) is 176 Å². The molecule has 0 unspecified atom stereocenters. The molecule has 4 aromatic rings. The van der Waals surface area contributed by atoms with Gasteiger partial charge in [-0.05, 0) is 74.1 Å². The normalized spacial score (nSPS) is 11.2. The number of unbranched alkanes of at least 4 members (excludes halogenated alkanes) is 20. The first-order chi connectivity index (χ1) is 23.0. The van der Waals surface area contributed by atoms with Gasteiger partial charge >= 0.3 is 5.97 Å². The number of rotatable bonds is 25. The molecule has 0 saturated carbocycles. The second kappa shape index (κ2) is 27.0. The quantitative estimate of drug-likeness (QED) is 0.0531. The monoisotopic (exact) mass is 907 g/mol. The summed E-state index contributed by atoms with van der Waals surface area (Å²) in [5, 5.41) is 16.1. The van der Waals surface area contributed by atoms with Crippen molar-refractivity contribution in [3.05, 3.63) is 41.1 Å². The van der Waals surface area contributed by atoms with Crippen LogP contribution in [0.3, 0.4) is 0 Å². The molecule has 1 radical (unpaired) electrons. The van der Waals surface area contributed by atoms with Crippen LogP contribution in [0.15, 0.2) is 25.1 Å². The molecular formula is C39H58Br2CuO2S4. The predicted molar refractivity (Wildman–Crippen MR) is 222 cm³/mol. The second-order valence-electron chi connectivity index (χ2n) is 13.0. The Kier molecular flexibility index (Phi) is 25.0. The van der Waals surface area contributed by atoms with E-state index in [1.807, 2.05) is 22.7 Å². The van der Waals surface area contributed by atoms with Gasteiger partial charge in [0, 0.05) is 41.5 Å². The van der Waals surface area contributed by atoms with Crippen molar-refractivity contribution in [1.29, 1.82) is 0 Å². The summed E-state index contributed by atoms with van der Waals surface area (Å²) in [4.78, 5) is 12.0. The van der Waals surface area contributed by atoms with Crippen molar-refractivity contribution in [3.63, 3.8) is 0 Å². The fraction of sp³-hybridized carbons (Fsp3) is 0.667. The van der Waals surface area contributed by atoms with E-state index in [-0.39, 0.29) is 17.1 Å². The Bertz CT molecular complexity index is 1410. The molecule has 2 nitrogen and oxygen atoms in total. The van der Waals surface area contributed by atoms with Gasteiger partial charge in [-0.2, -0.15) is 0 Å². The maximum atomic E-state index is 11.5. The Morgan fingerprint density at radius 3 is 1.42 bits per heavy atom. The maximum Gasteiger partial charge on any atom is 0.346 e. The number of fused-ring (bicyclic) bond motifs is 2. The van der Waals surface area contributed by atoms with Crippen molar-refractivity contribution < 1.29 is 27.0 Å². The van der Waals surface area contributed by atoms with Gasteiger partial charge in [-0.3, -0.25) is 0 Å². The molecule has 4 heterocycles. The summed E-state index contributed by atoms with van der Waals surface area (Å²) in [5.74, 6) is -0.779. The summed E-state index contributed by atoms with van der Waals surface area (Å²) in [5.41, 5.74) is 2.63. The Labute approximate surface area is 335 Å². The van der Waals surface area contributed by atoms with Gasteiger partial charge in [0.1, 0.15) is 4.88 Å². The number of carboxylic acid groups (broad SMARTS) is 1. The van der Waals surface area contributed by atoms with Crippen LogP contribution in [0.5, 0.6) is 0 Å². The van der Waals surface area contributed by atoms with Gasteiger partial charge < -0.3 is 5.11 Å². The fourth-order valence-corrected chi connectivity index (χ4v) is 12.5. The Morgan fingerprint density at radius 2 is 0.938 bits per heavy atom. The van der Waals surface area contributed by atoms with E-state index in [9.17, 15) is 9.90 Å². The molecule has 275 valence electrons. The molecule has 0 amide bonds. The van der Waals surface area contributed by atoms with Crippen molar-refractivity contribution in [1.82, 2.24) is 0 Å². The molecule has 4 rings (SSSR count).